The number of amides is 1. The molecule has 3 atom stereocenters. The molecule has 1 aromatic carbocycles. The van der Waals surface area contributed by atoms with E-state index in [9.17, 15) is 9.59 Å². The van der Waals surface area contributed by atoms with Gasteiger partial charge in [-0.25, -0.2) is 4.79 Å². The fourth-order valence-corrected chi connectivity index (χ4v) is 3.57. The SMILES string of the molecule is CCC1(C(=O)Nc2cccc(C(=O)O)c2)OC12C=CC(C)=CC2C. The zero-order chi connectivity index (χ0) is 17.5. The van der Waals surface area contributed by atoms with Gasteiger partial charge < -0.3 is 15.2 Å². The fraction of sp³-hybridized carbons (Fsp3) is 0.368. The Labute approximate surface area is 141 Å². The van der Waals surface area contributed by atoms with E-state index in [-0.39, 0.29) is 17.4 Å². The zero-order valence-corrected chi connectivity index (χ0v) is 14.0. The molecule has 1 aliphatic carbocycles. The van der Waals surface area contributed by atoms with Crippen molar-refractivity contribution in [3.8, 4) is 0 Å². The van der Waals surface area contributed by atoms with E-state index in [1.165, 1.54) is 12.1 Å². The minimum atomic E-state index is -1.03. The number of aromatic carboxylic acids is 1. The molecule has 1 fully saturated rings. The summed E-state index contributed by atoms with van der Waals surface area (Å²) in [5, 5.41) is 11.9. The Hall–Kier alpha value is -2.40. The van der Waals surface area contributed by atoms with E-state index in [0.29, 0.717) is 12.1 Å². The van der Waals surface area contributed by atoms with E-state index >= 15 is 0 Å². The van der Waals surface area contributed by atoms with Gasteiger partial charge in [-0.3, -0.25) is 4.79 Å². The molecule has 1 heterocycles. The number of carbonyl (C=O) groups is 2. The van der Waals surface area contributed by atoms with E-state index in [1.54, 1.807) is 12.1 Å². The maximum atomic E-state index is 12.9. The number of carboxylic acids is 1. The molecule has 1 saturated heterocycles. The lowest BCUT2D eigenvalue weighted by atomic mass is 9.77. The summed E-state index contributed by atoms with van der Waals surface area (Å²) in [6, 6.07) is 6.22. The molecule has 24 heavy (non-hydrogen) atoms. The second kappa shape index (κ2) is 5.60. The molecule has 1 spiro atoms. The molecule has 0 aromatic heterocycles. The smallest absolute Gasteiger partial charge is 0.335 e. The molecule has 126 valence electrons. The molecular weight excluding hydrogens is 306 g/mol. The van der Waals surface area contributed by atoms with Gasteiger partial charge in [0.1, 0.15) is 5.60 Å². The van der Waals surface area contributed by atoms with Gasteiger partial charge in [-0.15, -0.1) is 0 Å². The molecule has 1 aromatic rings. The fourth-order valence-electron chi connectivity index (χ4n) is 3.57. The predicted octanol–water partition coefficient (Wildman–Crippen LogP) is 3.39. The molecule has 2 N–H and O–H groups in total. The van der Waals surface area contributed by atoms with E-state index in [2.05, 4.69) is 11.4 Å². The van der Waals surface area contributed by atoms with Gasteiger partial charge in [0.15, 0.2) is 5.60 Å². The monoisotopic (exact) mass is 327 g/mol. The van der Waals surface area contributed by atoms with Gasteiger partial charge in [0, 0.05) is 11.6 Å². The number of allylic oxidation sites excluding steroid dienone is 2. The van der Waals surface area contributed by atoms with Gasteiger partial charge in [-0.2, -0.15) is 0 Å². The molecule has 5 heteroatoms. The predicted molar refractivity (Wildman–Crippen MR) is 90.9 cm³/mol. The highest BCUT2D eigenvalue weighted by atomic mass is 16.6. The van der Waals surface area contributed by atoms with Gasteiger partial charge in [0.2, 0.25) is 0 Å². The lowest BCUT2D eigenvalue weighted by molar-refractivity contribution is -0.121. The van der Waals surface area contributed by atoms with Crippen molar-refractivity contribution >= 4 is 17.6 Å². The Morgan fingerprint density at radius 2 is 2.12 bits per heavy atom. The molecule has 3 rings (SSSR count). The van der Waals surface area contributed by atoms with Gasteiger partial charge in [-0.1, -0.05) is 37.6 Å². The van der Waals surface area contributed by atoms with Crippen molar-refractivity contribution in [3.05, 3.63) is 53.6 Å². The third-order valence-corrected chi connectivity index (χ3v) is 4.95. The van der Waals surface area contributed by atoms with E-state index in [1.807, 2.05) is 32.9 Å². The number of benzene rings is 1. The molecule has 2 aliphatic rings. The maximum Gasteiger partial charge on any atom is 0.335 e. The first-order valence-corrected chi connectivity index (χ1v) is 8.07. The van der Waals surface area contributed by atoms with Crippen molar-refractivity contribution in [2.75, 3.05) is 5.32 Å². The van der Waals surface area contributed by atoms with Gasteiger partial charge in [0.05, 0.1) is 5.56 Å². The maximum absolute atomic E-state index is 12.9. The van der Waals surface area contributed by atoms with E-state index < -0.39 is 17.2 Å². The Morgan fingerprint density at radius 3 is 2.75 bits per heavy atom. The van der Waals surface area contributed by atoms with Crippen LogP contribution in [0, 0.1) is 5.92 Å². The van der Waals surface area contributed by atoms with Crippen LogP contribution in [0.5, 0.6) is 0 Å². The van der Waals surface area contributed by atoms with Crippen LogP contribution in [0.1, 0.15) is 37.6 Å². The Morgan fingerprint density at radius 1 is 1.38 bits per heavy atom. The Balaban J connectivity index is 1.84. The van der Waals surface area contributed by atoms with Crippen LogP contribution >= 0.6 is 0 Å². The van der Waals surface area contributed by atoms with Crippen molar-refractivity contribution in [2.24, 2.45) is 5.92 Å². The number of hydrogen-bond acceptors (Lipinski definition) is 3. The summed E-state index contributed by atoms with van der Waals surface area (Å²) in [7, 11) is 0. The van der Waals surface area contributed by atoms with E-state index in [4.69, 9.17) is 9.84 Å². The van der Waals surface area contributed by atoms with Crippen molar-refractivity contribution in [2.45, 2.75) is 38.4 Å². The van der Waals surface area contributed by atoms with Crippen LogP contribution in [-0.2, 0) is 9.53 Å². The summed E-state index contributed by atoms with van der Waals surface area (Å²) in [5.74, 6) is -1.17. The van der Waals surface area contributed by atoms with Crippen molar-refractivity contribution in [1.29, 1.82) is 0 Å². The third-order valence-electron chi connectivity index (χ3n) is 4.95. The average Bonchev–Trinajstić information content (AvgIpc) is 3.22. The van der Waals surface area contributed by atoms with Crippen molar-refractivity contribution in [1.82, 2.24) is 0 Å². The number of carbonyl (C=O) groups excluding carboxylic acids is 1. The second-order valence-corrected chi connectivity index (χ2v) is 6.45. The first-order chi connectivity index (χ1) is 11.3. The normalized spacial score (nSPS) is 30.8. The van der Waals surface area contributed by atoms with Crippen LogP contribution < -0.4 is 5.32 Å². The van der Waals surface area contributed by atoms with Crippen LogP contribution in [0.25, 0.3) is 0 Å². The lowest BCUT2D eigenvalue weighted by Crippen LogP contribution is -2.40. The van der Waals surface area contributed by atoms with Gasteiger partial charge >= 0.3 is 5.97 Å². The molecular formula is C19H21NO4. The highest BCUT2D eigenvalue weighted by Crippen LogP contribution is 2.58. The first-order valence-electron chi connectivity index (χ1n) is 8.07. The highest BCUT2D eigenvalue weighted by molar-refractivity contribution is 6.02. The van der Waals surface area contributed by atoms with Crippen molar-refractivity contribution < 1.29 is 19.4 Å². The summed E-state index contributed by atoms with van der Waals surface area (Å²) >= 11 is 0. The topological polar surface area (TPSA) is 78.9 Å². The number of rotatable bonds is 4. The zero-order valence-electron chi connectivity index (χ0n) is 14.0. The van der Waals surface area contributed by atoms with Crippen LogP contribution in [0.2, 0.25) is 0 Å². The standard InChI is InChI=1S/C19H21NO4/c1-4-18(19(24-18)9-8-12(2)10-13(19)3)17(23)20-15-7-5-6-14(11-15)16(21)22/h5-11,13H,4H2,1-3H3,(H,20,23)(H,21,22). The number of carboxylic acid groups (broad SMARTS) is 1. The Bertz CT molecular complexity index is 766. The largest absolute Gasteiger partial charge is 0.478 e. The molecule has 0 radical (unpaired) electrons. The number of anilines is 1. The molecule has 5 nitrogen and oxygen atoms in total. The van der Waals surface area contributed by atoms with Crippen LogP contribution in [0.4, 0.5) is 5.69 Å². The number of ether oxygens (including phenoxy) is 1. The van der Waals surface area contributed by atoms with Crippen LogP contribution in [0.15, 0.2) is 48.1 Å². The molecule has 1 amide bonds. The number of epoxide rings is 1. The molecule has 1 aliphatic heterocycles. The second-order valence-electron chi connectivity index (χ2n) is 6.45. The quantitative estimate of drug-likeness (QED) is 0.831. The minimum Gasteiger partial charge on any atom is -0.478 e. The number of nitrogens with one attached hydrogen (secondary N) is 1. The highest BCUT2D eigenvalue weighted by Gasteiger charge is 2.74. The summed E-state index contributed by atoms with van der Waals surface area (Å²) in [4.78, 5) is 23.9. The summed E-state index contributed by atoms with van der Waals surface area (Å²) in [5.41, 5.74) is 0.213. The average molecular weight is 327 g/mol. The van der Waals surface area contributed by atoms with Crippen LogP contribution in [-0.4, -0.2) is 28.2 Å². The molecule has 0 saturated carbocycles. The van der Waals surface area contributed by atoms with Crippen molar-refractivity contribution in [3.63, 3.8) is 0 Å². The third kappa shape index (κ3) is 2.36. The van der Waals surface area contributed by atoms with Crippen LogP contribution in [0.3, 0.4) is 0 Å². The molecule has 3 unspecified atom stereocenters. The summed E-state index contributed by atoms with van der Waals surface area (Å²) in [6.07, 6.45) is 6.61. The first kappa shape index (κ1) is 16.5. The Kier molecular flexibility index (Phi) is 3.84. The van der Waals surface area contributed by atoms with Gasteiger partial charge in [-0.05, 0) is 37.6 Å². The minimum absolute atomic E-state index is 0.0959. The lowest BCUT2D eigenvalue weighted by Gasteiger charge is -2.23. The van der Waals surface area contributed by atoms with Gasteiger partial charge in [0.25, 0.3) is 5.91 Å². The number of hydrogen-bond donors (Lipinski definition) is 2. The summed E-state index contributed by atoms with van der Waals surface area (Å²) < 4.78 is 5.99. The molecule has 0 bridgehead atoms. The summed E-state index contributed by atoms with van der Waals surface area (Å²) in [6.45, 7) is 5.99. The van der Waals surface area contributed by atoms with E-state index in [0.717, 1.165) is 5.57 Å².